The average molecular weight is 432 g/mol. The van der Waals surface area contributed by atoms with Crippen LogP contribution in [-0.2, 0) is 12.4 Å². The van der Waals surface area contributed by atoms with E-state index in [4.69, 9.17) is 21.1 Å². The second kappa shape index (κ2) is 9.80. The number of H-pyrrole nitrogens is 1. The molecule has 0 radical (unpaired) electrons. The van der Waals surface area contributed by atoms with E-state index in [0.717, 1.165) is 22.6 Å². The van der Waals surface area contributed by atoms with Gasteiger partial charge >= 0.3 is 0 Å². The van der Waals surface area contributed by atoms with Gasteiger partial charge < -0.3 is 9.47 Å². The number of aromatic amines is 1. The van der Waals surface area contributed by atoms with Crippen molar-refractivity contribution in [2.75, 3.05) is 6.61 Å². The fraction of sp³-hybridized carbons (Fsp3) is 0.286. The van der Waals surface area contributed by atoms with Gasteiger partial charge in [-0.3, -0.25) is 9.89 Å². The smallest absolute Gasteiger partial charge is 0.208 e. The highest BCUT2D eigenvalue weighted by Gasteiger charge is 2.11. The Morgan fingerprint density at radius 2 is 2.03 bits per heavy atom. The average Bonchev–Trinajstić information content (AvgIpc) is 3.16. The van der Waals surface area contributed by atoms with Gasteiger partial charge in [-0.15, -0.1) is 5.10 Å². The van der Waals surface area contributed by atoms with Crippen molar-refractivity contribution >= 4 is 29.1 Å². The Labute approximate surface area is 179 Å². The molecule has 0 saturated carbocycles. The number of ketones is 1. The molecule has 0 aliphatic rings. The number of hydrogen-bond donors (Lipinski definition) is 1. The number of nitrogens with zero attached hydrogens (tertiary/aromatic N) is 2. The standard InChI is InChI=1S/C21H22ClN3O3S/c1-4-27-19-8-5-15(14(3)26)10-16(19)12-29-21-23-20(24-25-21)11-28-17-6-7-18(22)13(2)9-17/h5-10H,4,11-12H2,1-3H3,(H,23,24,25). The van der Waals surface area contributed by atoms with Gasteiger partial charge in [0, 0.05) is 21.9 Å². The summed E-state index contributed by atoms with van der Waals surface area (Å²) in [6, 6.07) is 11.0. The molecule has 1 N–H and O–H groups in total. The van der Waals surface area contributed by atoms with Crippen LogP contribution in [0.1, 0.15) is 41.2 Å². The first-order valence-corrected chi connectivity index (χ1v) is 10.5. The molecule has 3 rings (SSSR count). The summed E-state index contributed by atoms with van der Waals surface area (Å²) in [5.74, 6) is 2.73. The molecular formula is C21H22ClN3O3S. The molecule has 0 bridgehead atoms. The zero-order valence-electron chi connectivity index (χ0n) is 16.5. The van der Waals surface area contributed by atoms with Crippen LogP contribution < -0.4 is 9.47 Å². The predicted molar refractivity (Wildman–Crippen MR) is 114 cm³/mol. The zero-order valence-corrected chi connectivity index (χ0v) is 18.1. The van der Waals surface area contributed by atoms with Crippen LogP contribution in [0.25, 0.3) is 0 Å². The van der Waals surface area contributed by atoms with E-state index in [1.807, 2.05) is 38.1 Å². The third-order valence-electron chi connectivity index (χ3n) is 4.14. The molecule has 152 valence electrons. The molecule has 0 atom stereocenters. The van der Waals surface area contributed by atoms with Gasteiger partial charge in [-0.25, -0.2) is 4.98 Å². The normalized spacial score (nSPS) is 10.8. The van der Waals surface area contributed by atoms with E-state index >= 15 is 0 Å². The van der Waals surface area contributed by atoms with E-state index in [0.29, 0.717) is 33.9 Å². The Morgan fingerprint density at radius 1 is 1.21 bits per heavy atom. The number of Topliss-reactive ketones (excluding diaryl/α,β-unsaturated/α-hetero) is 1. The van der Waals surface area contributed by atoms with E-state index in [1.54, 1.807) is 19.1 Å². The molecule has 8 heteroatoms. The van der Waals surface area contributed by atoms with Crippen LogP contribution in [0, 0.1) is 6.92 Å². The third-order valence-corrected chi connectivity index (χ3v) is 5.46. The summed E-state index contributed by atoms with van der Waals surface area (Å²) in [5.41, 5.74) is 2.55. The molecule has 1 heterocycles. The molecule has 29 heavy (non-hydrogen) atoms. The molecule has 0 aliphatic heterocycles. The van der Waals surface area contributed by atoms with Gasteiger partial charge in [-0.1, -0.05) is 23.4 Å². The highest BCUT2D eigenvalue weighted by molar-refractivity contribution is 7.98. The number of aromatic nitrogens is 3. The first-order valence-electron chi connectivity index (χ1n) is 9.16. The Morgan fingerprint density at radius 3 is 2.76 bits per heavy atom. The number of benzene rings is 2. The first-order chi connectivity index (χ1) is 14.0. The predicted octanol–water partition coefficient (Wildman–Crippen LogP) is 5.24. The molecule has 0 fully saturated rings. The number of thioether (sulfide) groups is 1. The number of ether oxygens (including phenoxy) is 2. The lowest BCUT2D eigenvalue weighted by Crippen LogP contribution is -1.99. The van der Waals surface area contributed by atoms with E-state index < -0.39 is 0 Å². The molecule has 1 aromatic heterocycles. The SMILES string of the molecule is CCOc1ccc(C(C)=O)cc1CSc1n[nH]c(COc2ccc(Cl)c(C)c2)n1. The lowest BCUT2D eigenvalue weighted by atomic mass is 10.1. The number of carbonyl (C=O) groups is 1. The second-order valence-corrected chi connectivity index (χ2v) is 7.71. The second-order valence-electron chi connectivity index (χ2n) is 6.36. The third kappa shape index (κ3) is 5.74. The van der Waals surface area contributed by atoms with Crippen molar-refractivity contribution in [1.82, 2.24) is 15.2 Å². The maximum absolute atomic E-state index is 11.7. The van der Waals surface area contributed by atoms with Gasteiger partial charge in [0.25, 0.3) is 0 Å². The lowest BCUT2D eigenvalue weighted by Gasteiger charge is -2.10. The fourth-order valence-electron chi connectivity index (χ4n) is 2.62. The van der Waals surface area contributed by atoms with E-state index in [9.17, 15) is 4.79 Å². The largest absolute Gasteiger partial charge is 0.494 e. The van der Waals surface area contributed by atoms with Crippen molar-refractivity contribution in [3.05, 3.63) is 63.9 Å². The van der Waals surface area contributed by atoms with Gasteiger partial charge in [0.1, 0.15) is 18.1 Å². The number of hydrogen-bond acceptors (Lipinski definition) is 6. The van der Waals surface area contributed by atoms with E-state index in [-0.39, 0.29) is 12.4 Å². The van der Waals surface area contributed by atoms with Crippen LogP contribution in [0.3, 0.4) is 0 Å². The fourth-order valence-corrected chi connectivity index (χ4v) is 3.53. The molecule has 0 saturated heterocycles. The summed E-state index contributed by atoms with van der Waals surface area (Å²) in [4.78, 5) is 16.1. The summed E-state index contributed by atoms with van der Waals surface area (Å²) in [7, 11) is 0. The van der Waals surface area contributed by atoms with E-state index in [2.05, 4.69) is 15.2 Å². The Kier molecular flexibility index (Phi) is 7.17. The first kappa shape index (κ1) is 21.2. The topological polar surface area (TPSA) is 77.1 Å². The number of rotatable bonds is 9. The molecule has 0 amide bonds. The summed E-state index contributed by atoms with van der Waals surface area (Å²) in [5, 5.41) is 8.42. The van der Waals surface area contributed by atoms with Crippen LogP contribution >= 0.6 is 23.4 Å². The summed E-state index contributed by atoms with van der Waals surface area (Å²) < 4.78 is 11.4. The van der Waals surface area contributed by atoms with E-state index in [1.165, 1.54) is 11.8 Å². The van der Waals surface area contributed by atoms with Crippen LogP contribution in [0.2, 0.25) is 5.02 Å². The Balaban J connectivity index is 1.62. The molecule has 3 aromatic rings. The minimum Gasteiger partial charge on any atom is -0.494 e. The number of aryl methyl sites for hydroxylation is 1. The molecular weight excluding hydrogens is 410 g/mol. The highest BCUT2D eigenvalue weighted by Crippen LogP contribution is 2.28. The van der Waals surface area contributed by atoms with Gasteiger partial charge in [0.05, 0.1) is 6.61 Å². The summed E-state index contributed by atoms with van der Waals surface area (Å²) in [6.45, 7) is 6.24. The highest BCUT2D eigenvalue weighted by atomic mass is 35.5. The monoisotopic (exact) mass is 431 g/mol. The van der Waals surface area contributed by atoms with Crippen molar-refractivity contribution in [2.45, 2.75) is 38.3 Å². The molecule has 6 nitrogen and oxygen atoms in total. The number of halogens is 1. The molecule has 0 unspecified atom stereocenters. The van der Waals surface area contributed by atoms with Gasteiger partial charge in [-0.05, 0) is 62.7 Å². The van der Waals surface area contributed by atoms with Gasteiger partial charge in [0.2, 0.25) is 5.16 Å². The van der Waals surface area contributed by atoms with Crippen LogP contribution in [-0.4, -0.2) is 27.6 Å². The lowest BCUT2D eigenvalue weighted by molar-refractivity contribution is 0.101. The van der Waals surface area contributed by atoms with Gasteiger partial charge in [-0.2, -0.15) is 0 Å². The van der Waals surface area contributed by atoms with Crippen molar-refractivity contribution in [1.29, 1.82) is 0 Å². The molecule has 2 aromatic carbocycles. The van der Waals surface area contributed by atoms with Crippen LogP contribution in [0.15, 0.2) is 41.6 Å². The van der Waals surface area contributed by atoms with Crippen molar-refractivity contribution < 1.29 is 14.3 Å². The Bertz CT molecular complexity index is 1010. The summed E-state index contributed by atoms with van der Waals surface area (Å²) >= 11 is 7.49. The number of nitrogens with one attached hydrogen (secondary N) is 1. The molecule has 0 aliphatic carbocycles. The maximum Gasteiger partial charge on any atom is 0.208 e. The van der Waals surface area contributed by atoms with Crippen molar-refractivity contribution in [3.63, 3.8) is 0 Å². The van der Waals surface area contributed by atoms with Crippen molar-refractivity contribution in [3.8, 4) is 11.5 Å². The maximum atomic E-state index is 11.7. The Hall–Kier alpha value is -2.51. The van der Waals surface area contributed by atoms with Crippen molar-refractivity contribution in [2.24, 2.45) is 0 Å². The van der Waals surface area contributed by atoms with Gasteiger partial charge in [0.15, 0.2) is 11.6 Å². The molecule has 0 spiro atoms. The number of carbonyl (C=O) groups excluding carboxylic acids is 1. The van der Waals surface area contributed by atoms with Crippen LogP contribution in [0.4, 0.5) is 0 Å². The zero-order chi connectivity index (χ0) is 20.8. The quantitative estimate of drug-likeness (QED) is 0.369. The minimum absolute atomic E-state index is 0.0223. The van der Waals surface area contributed by atoms with Crippen LogP contribution in [0.5, 0.6) is 11.5 Å². The summed E-state index contributed by atoms with van der Waals surface area (Å²) in [6.07, 6.45) is 0. The minimum atomic E-state index is 0.0223.